The van der Waals surface area contributed by atoms with E-state index in [1.165, 1.54) is 0 Å². The Morgan fingerprint density at radius 2 is 2.07 bits per heavy atom. The molecule has 0 saturated heterocycles. The fraction of sp³-hybridized carbons (Fsp3) is 0.167. The van der Waals surface area contributed by atoms with E-state index in [2.05, 4.69) is 11.2 Å². The highest BCUT2D eigenvalue weighted by Crippen LogP contribution is 2.09. The first kappa shape index (κ1) is 9.47. The quantitative estimate of drug-likeness (QED) is 0.740. The molecule has 15 heavy (non-hydrogen) atoms. The lowest BCUT2D eigenvalue weighted by atomic mass is 10.1. The van der Waals surface area contributed by atoms with Crippen LogP contribution in [0.2, 0.25) is 0 Å². The first-order chi connectivity index (χ1) is 7.29. The summed E-state index contributed by atoms with van der Waals surface area (Å²) in [6.07, 6.45) is 4.25. The molecule has 0 amide bonds. The highest BCUT2D eigenvalue weighted by atomic mass is 15.3. The average Bonchev–Trinajstić information content (AvgIpc) is 2.67. The highest BCUT2D eigenvalue weighted by molar-refractivity contribution is 5.35. The summed E-state index contributed by atoms with van der Waals surface area (Å²) in [6, 6.07) is 9.98. The Kier molecular flexibility index (Phi) is 2.51. The Morgan fingerprint density at radius 1 is 1.33 bits per heavy atom. The molecule has 0 fully saturated rings. The van der Waals surface area contributed by atoms with Crippen LogP contribution in [0.1, 0.15) is 11.1 Å². The van der Waals surface area contributed by atoms with Crippen molar-refractivity contribution >= 4 is 0 Å². The lowest BCUT2D eigenvalue weighted by molar-refractivity contribution is 0.879. The van der Waals surface area contributed by atoms with Crippen LogP contribution in [-0.4, -0.2) is 9.78 Å². The maximum atomic E-state index is 8.54. The van der Waals surface area contributed by atoms with Crippen LogP contribution in [0.3, 0.4) is 0 Å². The molecule has 0 aliphatic heterocycles. The van der Waals surface area contributed by atoms with Crippen LogP contribution < -0.4 is 0 Å². The molecule has 0 spiro atoms. The monoisotopic (exact) mass is 197 g/mol. The molecule has 1 aromatic heterocycles. The molecule has 3 heteroatoms. The zero-order chi connectivity index (χ0) is 10.7. The highest BCUT2D eigenvalue weighted by Gasteiger charge is 1.98. The Hall–Kier alpha value is -2.08. The molecule has 0 saturated carbocycles. The van der Waals surface area contributed by atoms with E-state index < -0.39 is 0 Å². The third-order valence-corrected chi connectivity index (χ3v) is 2.20. The second kappa shape index (κ2) is 3.97. The van der Waals surface area contributed by atoms with Gasteiger partial charge in [0.2, 0.25) is 0 Å². The molecule has 0 aliphatic carbocycles. The predicted octanol–water partition coefficient (Wildman–Crippen LogP) is 2.25. The lowest BCUT2D eigenvalue weighted by Gasteiger charge is -2.01. The molecule has 74 valence electrons. The van der Waals surface area contributed by atoms with Crippen molar-refractivity contribution in [2.75, 3.05) is 0 Å². The van der Waals surface area contributed by atoms with Crippen molar-refractivity contribution in [3.63, 3.8) is 0 Å². The van der Waals surface area contributed by atoms with Gasteiger partial charge in [-0.05, 0) is 30.2 Å². The van der Waals surface area contributed by atoms with Crippen molar-refractivity contribution in [3.8, 4) is 11.8 Å². The van der Waals surface area contributed by atoms with Crippen LogP contribution in [0.15, 0.2) is 36.7 Å². The van der Waals surface area contributed by atoms with E-state index >= 15 is 0 Å². The van der Waals surface area contributed by atoms with Crippen LogP contribution in [0, 0.1) is 18.3 Å². The van der Waals surface area contributed by atoms with Crippen molar-refractivity contribution in [2.24, 2.45) is 0 Å². The van der Waals surface area contributed by atoms with Gasteiger partial charge in [-0.25, -0.2) is 4.68 Å². The van der Waals surface area contributed by atoms with Gasteiger partial charge in [0.1, 0.15) is 0 Å². The maximum absolute atomic E-state index is 8.54. The van der Waals surface area contributed by atoms with Gasteiger partial charge in [-0.1, -0.05) is 12.1 Å². The number of aromatic nitrogens is 2. The van der Waals surface area contributed by atoms with E-state index in [9.17, 15) is 0 Å². The molecule has 1 heterocycles. The summed E-state index contributed by atoms with van der Waals surface area (Å²) in [6.45, 7) is 2.01. The van der Waals surface area contributed by atoms with Crippen molar-refractivity contribution < 1.29 is 0 Å². The van der Waals surface area contributed by atoms with E-state index in [1.807, 2.05) is 48.3 Å². The van der Waals surface area contributed by atoms with E-state index in [4.69, 9.17) is 5.26 Å². The van der Waals surface area contributed by atoms with Gasteiger partial charge >= 0.3 is 0 Å². The Labute approximate surface area is 88.6 Å². The molecule has 0 N–H and O–H groups in total. The van der Waals surface area contributed by atoms with Gasteiger partial charge in [-0.2, -0.15) is 10.4 Å². The molecule has 0 atom stereocenters. The molecule has 3 nitrogen and oxygen atoms in total. The van der Waals surface area contributed by atoms with Crippen LogP contribution in [0.25, 0.3) is 5.69 Å². The van der Waals surface area contributed by atoms with Crippen molar-refractivity contribution in [2.45, 2.75) is 13.3 Å². The van der Waals surface area contributed by atoms with Crippen LogP contribution >= 0.6 is 0 Å². The second-order valence-electron chi connectivity index (χ2n) is 3.46. The third-order valence-electron chi connectivity index (χ3n) is 2.20. The van der Waals surface area contributed by atoms with E-state index in [-0.39, 0.29) is 0 Å². The summed E-state index contributed by atoms with van der Waals surface area (Å²) in [5, 5.41) is 12.8. The fourth-order valence-corrected chi connectivity index (χ4v) is 1.41. The number of benzene rings is 1. The van der Waals surface area contributed by atoms with Crippen LogP contribution in [-0.2, 0) is 6.42 Å². The van der Waals surface area contributed by atoms with Gasteiger partial charge < -0.3 is 0 Å². The summed E-state index contributed by atoms with van der Waals surface area (Å²) < 4.78 is 1.82. The minimum Gasteiger partial charge on any atom is -0.241 e. The number of hydrogen-bond donors (Lipinski definition) is 0. The fourth-order valence-electron chi connectivity index (χ4n) is 1.41. The van der Waals surface area contributed by atoms with Crippen molar-refractivity contribution in [1.29, 1.82) is 5.26 Å². The normalized spacial score (nSPS) is 9.87. The average molecular weight is 197 g/mol. The maximum Gasteiger partial charge on any atom is 0.0669 e. The Morgan fingerprint density at radius 3 is 2.60 bits per heavy atom. The zero-order valence-corrected chi connectivity index (χ0v) is 8.51. The summed E-state index contributed by atoms with van der Waals surface area (Å²) in [4.78, 5) is 0. The van der Waals surface area contributed by atoms with E-state index in [0.717, 1.165) is 16.8 Å². The minimum absolute atomic E-state index is 0.457. The van der Waals surface area contributed by atoms with Crippen LogP contribution in [0.5, 0.6) is 0 Å². The molecular weight excluding hydrogens is 186 g/mol. The number of rotatable bonds is 2. The van der Waals surface area contributed by atoms with Gasteiger partial charge in [0, 0.05) is 6.20 Å². The first-order valence-electron chi connectivity index (χ1n) is 4.77. The molecule has 0 unspecified atom stereocenters. The molecule has 1 aromatic carbocycles. The Bertz CT molecular complexity index is 488. The van der Waals surface area contributed by atoms with E-state index in [1.54, 1.807) is 0 Å². The standard InChI is InChI=1S/C12H11N3/c1-10-8-14-15(9-10)12-4-2-11(3-5-12)6-7-13/h2-5,8-9H,6H2,1H3. The summed E-state index contributed by atoms with van der Waals surface area (Å²) in [5.41, 5.74) is 3.19. The van der Waals surface area contributed by atoms with Gasteiger partial charge in [0.15, 0.2) is 0 Å². The smallest absolute Gasteiger partial charge is 0.0669 e. The van der Waals surface area contributed by atoms with Crippen molar-refractivity contribution in [1.82, 2.24) is 9.78 Å². The molecule has 0 radical (unpaired) electrons. The summed E-state index contributed by atoms with van der Waals surface area (Å²) in [5.74, 6) is 0. The molecule has 2 aromatic rings. The number of aryl methyl sites for hydroxylation is 1. The second-order valence-corrected chi connectivity index (χ2v) is 3.46. The van der Waals surface area contributed by atoms with Gasteiger partial charge in [-0.3, -0.25) is 0 Å². The largest absolute Gasteiger partial charge is 0.241 e. The predicted molar refractivity (Wildman–Crippen MR) is 57.6 cm³/mol. The van der Waals surface area contributed by atoms with Crippen molar-refractivity contribution in [3.05, 3.63) is 47.8 Å². The molecular formula is C12H11N3. The molecule has 2 rings (SSSR count). The number of nitrogens with zero attached hydrogens (tertiary/aromatic N) is 3. The topological polar surface area (TPSA) is 41.6 Å². The van der Waals surface area contributed by atoms with Gasteiger partial charge in [-0.15, -0.1) is 0 Å². The summed E-state index contributed by atoms with van der Waals surface area (Å²) >= 11 is 0. The van der Waals surface area contributed by atoms with Gasteiger partial charge in [0.05, 0.1) is 24.4 Å². The first-order valence-corrected chi connectivity index (χ1v) is 4.77. The Balaban J connectivity index is 2.28. The SMILES string of the molecule is Cc1cnn(-c2ccc(CC#N)cc2)c1. The number of nitriles is 1. The lowest BCUT2D eigenvalue weighted by Crippen LogP contribution is -1.94. The number of hydrogen-bond acceptors (Lipinski definition) is 2. The molecule has 0 bridgehead atoms. The summed E-state index contributed by atoms with van der Waals surface area (Å²) in [7, 11) is 0. The molecule has 0 aliphatic rings. The van der Waals surface area contributed by atoms with Gasteiger partial charge in [0.25, 0.3) is 0 Å². The third kappa shape index (κ3) is 2.05. The van der Waals surface area contributed by atoms with E-state index in [0.29, 0.717) is 6.42 Å². The minimum atomic E-state index is 0.457. The zero-order valence-electron chi connectivity index (χ0n) is 8.51. The van der Waals surface area contributed by atoms with Crippen LogP contribution in [0.4, 0.5) is 0 Å².